The van der Waals surface area contributed by atoms with E-state index in [0.717, 1.165) is 0 Å². The van der Waals surface area contributed by atoms with E-state index in [4.69, 9.17) is 14.0 Å². The summed E-state index contributed by atoms with van der Waals surface area (Å²) in [5, 5.41) is 20.2. The van der Waals surface area contributed by atoms with Crippen LogP contribution in [-0.4, -0.2) is 52.3 Å². The minimum Gasteiger partial charge on any atom is -0.413 e. The molecule has 0 heterocycles. The van der Waals surface area contributed by atoms with Gasteiger partial charge in [-0.05, 0) is 36.3 Å². The van der Waals surface area contributed by atoms with E-state index in [1.165, 1.54) is 0 Å². The second-order valence-electron chi connectivity index (χ2n) is 9.79. The van der Waals surface area contributed by atoms with Crippen LogP contribution < -0.4 is 0 Å². The van der Waals surface area contributed by atoms with Crippen LogP contribution in [0.3, 0.4) is 0 Å². The highest BCUT2D eigenvalue weighted by Crippen LogP contribution is 2.38. The zero-order valence-corrected chi connectivity index (χ0v) is 19.5. The fourth-order valence-corrected chi connectivity index (χ4v) is 3.54. The lowest BCUT2D eigenvalue weighted by atomic mass is 10.1. The Morgan fingerprint density at radius 2 is 1.12 bits per heavy atom. The molecule has 0 spiro atoms. The van der Waals surface area contributed by atoms with Gasteiger partial charge in [0.1, 0.15) is 5.60 Å². The molecule has 0 unspecified atom stereocenters. The van der Waals surface area contributed by atoms with Gasteiger partial charge in [0.05, 0.1) is 19.8 Å². The van der Waals surface area contributed by atoms with Gasteiger partial charge < -0.3 is 19.1 Å². The van der Waals surface area contributed by atoms with E-state index in [1.807, 2.05) is 0 Å². The van der Waals surface area contributed by atoms with Gasteiger partial charge in [-0.3, -0.25) is 0 Å². The topological polar surface area (TPSA) is 58.9 Å². The van der Waals surface area contributed by atoms with Crippen molar-refractivity contribution in [2.75, 3.05) is 19.8 Å². The monoisotopic (exact) mass is 376 g/mol. The first kappa shape index (κ1) is 24.0. The molecule has 0 aliphatic heterocycles. The molecule has 24 heavy (non-hydrogen) atoms. The lowest BCUT2D eigenvalue weighted by Crippen LogP contribution is -2.50. The lowest BCUT2D eigenvalue weighted by Gasteiger charge is -2.41. The van der Waals surface area contributed by atoms with Crippen LogP contribution >= 0.6 is 0 Å². The highest BCUT2D eigenvalue weighted by molar-refractivity contribution is 6.74. The molecule has 0 radical (unpaired) electrons. The maximum Gasteiger partial charge on any atom is 0.192 e. The van der Waals surface area contributed by atoms with E-state index in [1.54, 1.807) is 12.2 Å². The third kappa shape index (κ3) is 7.10. The average molecular weight is 377 g/mol. The molecule has 0 aliphatic rings. The molecule has 0 fully saturated rings. The fraction of sp³-hybridized carbons (Fsp3) is 0.889. The quantitative estimate of drug-likeness (QED) is 0.489. The number of hydrogen-bond donors (Lipinski definition) is 2. The summed E-state index contributed by atoms with van der Waals surface area (Å²) in [6, 6.07) is 0. The Morgan fingerprint density at radius 3 is 1.38 bits per heavy atom. The van der Waals surface area contributed by atoms with Gasteiger partial charge >= 0.3 is 0 Å². The summed E-state index contributed by atoms with van der Waals surface area (Å²) in [5.41, 5.74) is -1.21. The summed E-state index contributed by atoms with van der Waals surface area (Å²) >= 11 is 0. The van der Waals surface area contributed by atoms with Gasteiger partial charge in [-0.2, -0.15) is 0 Å². The standard InChI is InChI=1S/C18H40O4Si2/c1-16(2,3)23(7,8)21-14-18(20,12-11-13-19)15-22-24(9,10)17(4,5)6/h11-12,19-20H,13-15H2,1-10H3/b12-11-. The first-order valence-corrected chi connectivity index (χ1v) is 14.6. The number of aliphatic hydroxyl groups is 2. The van der Waals surface area contributed by atoms with E-state index in [0.29, 0.717) is 0 Å². The predicted molar refractivity (Wildman–Crippen MR) is 107 cm³/mol. The van der Waals surface area contributed by atoms with Crippen molar-refractivity contribution in [1.82, 2.24) is 0 Å². The number of rotatable bonds is 8. The maximum absolute atomic E-state index is 11.0. The van der Waals surface area contributed by atoms with Crippen molar-refractivity contribution < 1.29 is 19.1 Å². The third-order valence-electron chi connectivity index (χ3n) is 5.51. The molecule has 0 amide bonds. The van der Waals surface area contributed by atoms with Crippen LogP contribution in [0.1, 0.15) is 41.5 Å². The average Bonchev–Trinajstić information content (AvgIpc) is 2.39. The van der Waals surface area contributed by atoms with E-state index in [2.05, 4.69) is 67.7 Å². The Bertz CT molecular complexity index is 388. The molecule has 0 saturated carbocycles. The molecule has 0 saturated heterocycles. The molecule has 0 aromatic rings. The van der Waals surface area contributed by atoms with Crippen molar-refractivity contribution in [1.29, 1.82) is 0 Å². The smallest absolute Gasteiger partial charge is 0.192 e. The molecule has 0 aromatic carbocycles. The molecule has 0 bridgehead atoms. The fourth-order valence-electron chi connectivity index (χ4n) is 1.45. The van der Waals surface area contributed by atoms with Gasteiger partial charge in [0.2, 0.25) is 0 Å². The normalized spacial score (nSPS) is 15.3. The second kappa shape index (κ2) is 8.14. The van der Waals surface area contributed by atoms with Crippen molar-refractivity contribution in [3.8, 4) is 0 Å². The molecule has 4 nitrogen and oxygen atoms in total. The predicted octanol–water partition coefficient (Wildman–Crippen LogP) is 4.31. The summed E-state index contributed by atoms with van der Waals surface area (Å²) in [6.45, 7) is 22.0. The van der Waals surface area contributed by atoms with Crippen molar-refractivity contribution in [2.24, 2.45) is 0 Å². The van der Waals surface area contributed by atoms with Gasteiger partial charge in [0, 0.05) is 0 Å². The van der Waals surface area contributed by atoms with Gasteiger partial charge in [-0.1, -0.05) is 53.7 Å². The Kier molecular flexibility index (Phi) is 8.15. The lowest BCUT2D eigenvalue weighted by molar-refractivity contribution is -0.00934. The summed E-state index contributed by atoms with van der Waals surface area (Å²) < 4.78 is 12.4. The minimum atomic E-state index is -1.97. The van der Waals surface area contributed by atoms with Gasteiger partial charge in [0.25, 0.3) is 0 Å². The van der Waals surface area contributed by atoms with Crippen LogP contribution in [0.5, 0.6) is 0 Å². The molecule has 144 valence electrons. The van der Waals surface area contributed by atoms with Crippen LogP contribution in [0.4, 0.5) is 0 Å². The molecular weight excluding hydrogens is 336 g/mol. The molecule has 0 rings (SSSR count). The first-order valence-electron chi connectivity index (χ1n) is 8.76. The van der Waals surface area contributed by atoms with Crippen molar-refractivity contribution in [3.05, 3.63) is 12.2 Å². The van der Waals surface area contributed by atoms with Crippen LogP contribution in [-0.2, 0) is 8.85 Å². The van der Waals surface area contributed by atoms with E-state index >= 15 is 0 Å². The van der Waals surface area contributed by atoms with Gasteiger partial charge in [0.15, 0.2) is 16.6 Å². The first-order chi connectivity index (χ1) is 10.5. The third-order valence-corrected chi connectivity index (χ3v) is 14.5. The van der Waals surface area contributed by atoms with Crippen molar-refractivity contribution in [2.45, 2.75) is 83.4 Å². The number of aliphatic hydroxyl groups excluding tert-OH is 1. The molecule has 0 aromatic heterocycles. The highest BCUT2D eigenvalue weighted by Gasteiger charge is 2.42. The van der Waals surface area contributed by atoms with Crippen LogP contribution in [0.2, 0.25) is 36.3 Å². The van der Waals surface area contributed by atoms with Crippen molar-refractivity contribution in [3.63, 3.8) is 0 Å². The zero-order valence-electron chi connectivity index (χ0n) is 17.5. The Morgan fingerprint density at radius 1 is 0.792 bits per heavy atom. The van der Waals surface area contributed by atoms with Crippen LogP contribution in [0.25, 0.3) is 0 Å². The summed E-state index contributed by atoms with van der Waals surface area (Å²) in [6.07, 6.45) is 3.18. The molecular formula is C18H40O4Si2. The molecule has 2 N–H and O–H groups in total. The molecule has 6 heteroatoms. The summed E-state index contributed by atoms with van der Waals surface area (Å²) in [7, 11) is -3.93. The second-order valence-corrected chi connectivity index (χ2v) is 19.4. The van der Waals surface area contributed by atoms with E-state index in [-0.39, 0.29) is 29.9 Å². The molecule has 0 atom stereocenters. The maximum atomic E-state index is 11.0. The SMILES string of the molecule is CC(C)(C)[Si](C)(C)OCC(O)(/C=C\CO)CO[Si](C)(C)C(C)(C)C. The number of hydrogen-bond acceptors (Lipinski definition) is 4. The van der Waals surface area contributed by atoms with Crippen LogP contribution in [0, 0.1) is 0 Å². The summed E-state index contributed by atoms with van der Waals surface area (Å²) in [4.78, 5) is 0. The Balaban J connectivity index is 5.14. The van der Waals surface area contributed by atoms with Gasteiger partial charge in [-0.25, -0.2) is 0 Å². The Labute approximate surface area is 151 Å². The highest BCUT2D eigenvalue weighted by atomic mass is 28.4. The largest absolute Gasteiger partial charge is 0.413 e. The summed E-state index contributed by atoms with van der Waals surface area (Å²) in [5.74, 6) is 0. The van der Waals surface area contributed by atoms with E-state index in [9.17, 15) is 5.11 Å². The van der Waals surface area contributed by atoms with E-state index < -0.39 is 22.2 Å². The van der Waals surface area contributed by atoms with Crippen molar-refractivity contribution >= 4 is 16.6 Å². The van der Waals surface area contributed by atoms with Gasteiger partial charge in [-0.15, -0.1) is 0 Å². The zero-order chi connectivity index (χ0) is 19.4. The Hall–Kier alpha value is 0.0138. The van der Waals surface area contributed by atoms with Crippen LogP contribution in [0.15, 0.2) is 12.2 Å². The molecule has 0 aliphatic carbocycles. The minimum absolute atomic E-state index is 0.0783.